The molecule has 11 N–H and O–H groups in total. The van der Waals surface area contributed by atoms with Crippen molar-refractivity contribution in [2.45, 2.75) is 293 Å². The normalized spacial score (nSPS) is 26.4. The summed E-state index contributed by atoms with van der Waals surface area (Å²) in [4.78, 5) is 90.6. The molecular formula is C69H122N2O27. The molecule has 98 heavy (non-hydrogen) atoms. The molecule has 570 valence electrons. The van der Waals surface area contributed by atoms with Crippen LogP contribution in [0.1, 0.15) is 201 Å². The molecule has 29 nitrogen and oxygen atoms in total. The van der Waals surface area contributed by atoms with Gasteiger partial charge in [0.05, 0.1) is 71.2 Å². The molecule has 15 atom stereocenters. The SMILES string of the molecule is CCCOCCOCCCC(=O)CC(COCCC(=O)CCCCCC(=O)CCCCOC1OC(C)C(O)C(O)C1O)(COCCC(=O)CCCCCC(=O)CCCCOC1OC(C)C(O)C(O)C1O)COCCC(=O)NCCCNC(=O)CCCCOC1OC(C)C(O)C(O)C1O. The number of ether oxygens (including phenoxy) is 11. The molecule has 3 aliphatic rings. The highest BCUT2D eigenvalue weighted by atomic mass is 16.7. The van der Waals surface area contributed by atoms with Crippen molar-refractivity contribution in [3.8, 4) is 0 Å². The molecule has 3 rings (SSSR count). The zero-order valence-corrected chi connectivity index (χ0v) is 58.7. The summed E-state index contributed by atoms with van der Waals surface area (Å²) in [6.45, 7) is 9.51. The third kappa shape index (κ3) is 37.6. The van der Waals surface area contributed by atoms with Gasteiger partial charge in [-0.05, 0) is 104 Å². The fourth-order valence-electron chi connectivity index (χ4n) is 11.2. The van der Waals surface area contributed by atoms with E-state index in [1.165, 1.54) is 0 Å². The second-order valence-electron chi connectivity index (χ2n) is 26.3. The molecule has 0 spiro atoms. The molecule has 3 saturated heterocycles. The molecule has 29 heteroatoms. The maximum Gasteiger partial charge on any atom is 0.222 e. The lowest BCUT2D eigenvalue weighted by Crippen LogP contribution is -2.57. The van der Waals surface area contributed by atoms with E-state index in [9.17, 15) is 79.5 Å². The molecule has 0 bridgehead atoms. The van der Waals surface area contributed by atoms with Crippen molar-refractivity contribution in [2.75, 3.05) is 99.0 Å². The largest absolute Gasteiger partial charge is 0.388 e. The summed E-state index contributed by atoms with van der Waals surface area (Å²) in [5, 5.41) is 95.7. The zero-order chi connectivity index (χ0) is 72.1. The third-order valence-electron chi connectivity index (χ3n) is 17.4. The zero-order valence-electron chi connectivity index (χ0n) is 58.7. The molecule has 0 aromatic rings. The number of nitrogens with one attached hydrogen (secondary N) is 2. The smallest absolute Gasteiger partial charge is 0.222 e. The number of Topliss-reactive ketones (excluding diaryl/α,β-unsaturated/α-hetero) is 5. The molecule has 0 saturated carbocycles. The molecule has 15 unspecified atom stereocenters. The molecule has 2 amide bonds. The van der Waals surface area contributed by atoms with Gasteiger partial charge in [0.15, 0.2) is 18.9 Å². The molecule has 0 aromatic carbocycles. The van der Waals surface area contributed by atoms with Crippen molar-refractivity contribution < 1.29 is 132 Å². The topological polar surface area (TPSA) is 427 Å². The van der Waals surface area contributed by atoms with Crippen molar-refractivity contribution in [3.63, 3.8) is 0 Å². The minimum Gasteiger partial charge on any atom is -0.388 e. The van der Waals surface area contributed by atoms with Crippen LogP contribution in [0.5, 0.6) is 0 Å². The van der Waals surface area contributed by atoms with Crippen LogP contribution in [0.15, 0.2) is 0 Å². The summed E-state index contributed by atoms with van der Waals surface area (Å²) < 4.78 is 62.6. The van der Waals surface area contributed by atoms with Gasteiger partial charge in [-0.15, -0.1) is 0 Å². The van der Waals surface area contributed by atoms with Crippen molar-refractivity contribution in [2.24, 2.45) is 5.41 Å². The van der Waals surface area contributed by atoms with E-state index in [2.05, 4.69) is 10.6 Å². The lowest BCUT2D eigenvalue weighted by molar-refractivity contribution is -0.293. The molecule has 0 aliphatic carbocycles. The minimum atomic E-state index is -1.41. The maximum absolute atomic E-state index is 13.8. The first-order valence-corrected chi connectivity index (χ1v) is 35.9. The predicted octanol–water partition coefficient (Wildman–Crippen LogP) is 2.22. The van der Waals surface area contributed by atoms with Crippen LogP contribution in [0, 0.1) is 5.41 Å². The number of aliphatic hydroxyl groups is 9. The van der Waals surface area contributed by atoms with E-state index >= 15 is 0 Å². The van der Waals surface area contributed by atoms with Crippen molar-refractivity contribution >= 4 is 40.7 Å². The van der Waals surface area contributed by atoms with Gasteiger partial charge in [-0.25, -0.2) is 0 Å². The Morgan fingerprint density at radius 3 is 1.03 bits per heavy atom. The van der Waals surface area contributed by atoms with Crippen LogP contribution in [0.3, 0.4) is 0 Å². The number of ketones is 5. The molecule has 3 heterocycles. The van der Waals surface area contributed by atoms with Crippen molar-refractivity contribution in [1.82, 2.24) is 10.6 Å². The monoisotopic (exact) mass is 1410 g/mol. The fraction of sp³-hybridized carbons (Fsp3) is 0.899. The lowest BCUT2D eigenvalue weighted by atomic mass is 9.84. The Hall–Kier alpha value is -3.51. The van der Waals surface area contributed by atoms with Gasteiger partial charge >= 0.3 is 0 Å². The molecular weight excluding hydrogens is 1290 g/mol. The van der Waals surface area contributed by atoms with E-state index in [1.54, 1.807) is 20.8 Å². The van der Waals surface area contributed by atoms with Gasteiger partial charge in [-0.3, -0.25) is 33.6 Å². The van der Waals surface area contributed by atoms with Crippen LogP contribution in [0.25, 0.3) is 0 Å². The first-order chi connectivity index (χ1) is 47.0. The summed E-state index contributed by atoms with van der Waals surface area (Å²) in [5.74, 6) is -0.516. The van der Waals surface area contributed by atoms with Gasteiger partial charge in [0.25, 0.3) is 0 Å². The molecule has 3 fully saturated rings. The number of hydrogen-bond acceptors (Lipinski definition) is 27. The Bertz CT molecular complexity index is 1990. The highest BCUT2D eigenvalue weighted by Crippen LogP contribution is 2.29. The van der Waals surface area contributed by atoms with Crippen LogP contribution in [0.2, 0.25) is 0 Å². The Kier molecular flexibility index (Phi) is 47.5. The summed E-state index contributed by atoms with van der Waals surface area (Å²) >= 11 is 0. The van der Waals surface area contributed by atoms with E-state index in [0.717, 1.165) is 6.42 Å². The number of aliphatic hydroxyl groups excluding tert-OH is 9. The average Bonchev–Trinajstić information content (AvgIpc) is 0.844. The molecule has 0 aromatic heterocycles. The average molecular weight is 1410 g/mol. The van der Waals surface area contributed by atoms with Gasteiger partial charge in [-0.1, -0.05) is 19.8 Å². The van der Waals surface area contributed by atoms with Crippen LogP contribution < -0.4 is 10.6 Å². The Labute approximate surface area is 578 Å². The van der Waals surface area contributed by atoms with Crippen molar-refractivity contribution in [3.05, 3.63) is 0 Å². The van der Waals surface area contributed by atoms with Crippen LogP contribution in [-0.2, 0) is 85.7 Å². The Morgan fingerprint density at radius 1 is 0.316 bits per heavy atom. The molecule has 0 radical (unpaired) electrons. The quantitative estimate of drug-likeness (QED) is 0.0389. The standard InChI is InChI=1S/C69H122N2O27/c1-5-33-88-41-42-89-34-18-26-54(76)43-69(44-90-38-28-52(74)22-10-6-8-20-50(72)24-12-15-35-93-66-63(85)60(82)57(79)47(2)96-66,45-91-39-29-53(75)23-11-7-9-21-51(73)25-13-16-36-94-67-64(86)61(83)58(80)48(3)97-67)46-92-40-30-56(78)71-32-19-31-70-55(77)27-14-17-37-95-68-65(87)62(84)59(81)49(4)98-68/h47-49,57-68,79-87H,5-46H2,1-4H3,(H,70,77)(H,71,78). The predicted molar refractivity (Wildman–Crippen MR) is 353 cm³/mol. The van der Waals surface area contributed by atoms with Crippen LogP contribution >= 0.6 is 0 Å². The summed E-state index contributed by atoms with van der Waals surface area (Å²) in [7, 11) is 0. The van der Waals surface area contributed by atoms with E-state index in [1.807, 2.05) is 6.92 Å². The van der Waals surface area contributed by atoms with Gasteiger partial charge < -0.3 is 109 Å². The number of rotatable bonds is 60. The third-order valence-corrected chi connectivity index (χ3v) is 17.4. The van der Waals surface area contributed by atoms with Crippen LogP contribution in [0.4, 0.5) is 0 Å². The summed E-state index contributed by atoms with van der Waals surface area (Å²) in [5.41, 5.74) is -1.09. The number of carbonyl (C=O) groups excluding carboxylic acids is 7. The fourth-order valence-corrected chi connectivity index (χ4v) is 11.2. The first kappa shape index (κ1) is 88.7. The first-order valence-electron chi connectivity index (χ1n) is 35.9. The summed E-state index contributed by atoms with van der Waals surface area (Å²) in [6.07, 6.45) is -6.35. The maximum atomic E-state index is 13.8. The number of hydrogen-bond donors (Lipinski definition) is 11. The van der Waals surface area contributed by atoms with Gasteiger partial charge in [0.2, 0.25) is 11.8 Å². The Balaban J connectivity index is 1.48. The molecule has 3 aliphatic heterocycles. The van der Waals surface area contributed by atoms with E-state index in [4.69, 9.17) is 52.1 Å². The second kappa shape index (κ2) is 52.4. The lowest BCUT2D eigenvalue weighted by Gasteiger charge is -2.38. The highest BCUT2D eigenvalue weighted by molar-refractivity contribution is 5.80. The van der Waals surface area contributed by atoms with Gasteiger partial charge in [-0.2, -0.15) is 0 Å². The van der Waals surface area contributed by atoms with Gasteiger partial charge in [0.1, 0.15) is 83.9 Å². The Morgan fingerprint density at radius 2 is 0.643 bits per heavy atom. The van der Waals surface area contributed by atoms with E-state index in [-0.39, 0.29) is 158 Å². The van der Waals surface area contributed by atoms with Crippen molar-refractivity contribution in [1.29, 1.82) is 0 Å². The highest BCUT2D eigenvalue weighted by Gasteiger charge is 2.45. The van der Waals surface area contributed by atoms with E-state index < -0.39 is 97.5 Å². The second-order valence-corrected chi connectivity index (χ2v) is 26.3. The van der Waals surface area contributed by atoms with Gasteiger partial charge in [0, 0.05) is 129 Å². The number of unbranched alkanes of at least 4 members (excludes halogenated alkanes) is 7. The van der Waals surface area contributed by atoms with Crippen LogP contribution in [-0.4, -0.2) is 278 Å². The van der Waals surface area contributed by atoms with E-state index in [0.29, 0.717) is 149 Å². The summed E-state index contributed by atoms with van der Waals surface area (Å²) in [6, 6.07) is 0. The number of amides is 2. The number of carbonyl (C=O) groups is 7. The minimum absolute atomic E-state index is 0.0243.